The van der Waals surface area contributed by atoms with E-state index in [4.69, 9.17) is 24.9 Å². The fourth-order valence-electron chi connectivity index (χ4n) is 2.39. The van der Waals surface area contributed by atoms with Crippen molar-refractivity contribution in [3.8, 4) is 0 Å². The third-order valence-electron chi connectivity index (χ3n) is 3.63. The molecule has 0 heterocycles. The minimum Gasteiger partial charge on any atom is -0.392 e. The van der Waals surface area contributed by atoms with Gasteiger partial charge in [0.2, 0.25) is 0 Å². The molecule has 17 heavy (non-hydrogen) atoms. The molecule has 1 rings (SSSR count). The van der Waals surface area contributed by atoms with Crippen molar-refractivity contribution in [2.75, 3.05) is 21.3 Å². The van der Waals surface area contributed by atoms with Crippen LogP contribution in [0.15, 0.2) is 0 Å². The van der Waals surface area contributed by atoms with Gasteiger partial charge in [0.1, 0.15) is 0 Å². The Morgan fingerprint density at radius 2 is 1.76 bits per heavy atom. The normalized spacial score (nSPS) is 30.5. The molecular weight excluding hydrogens is 260 g/mol. The first-order valence-electron chi connectivity index (χ1n) is 6.04. The van der Waals surface area contributed by atoms with Crippen molar-refractivity contribution in [3.63, 3.8) is 0 Å². The molecule has 0 aliphatic heterocycles. The highest BCUT2D eigenvalue weighted by molar-refractivity contribution is 6.60. The Bertz CT molecular complexity index is 217. The van der Waals surface area contributed by atoms with E-state index in [2.05, 4.69) is 0 Å². The molecule has 0 aromatic rings. The van der Waals surface area contributed by atoms with E-state index >= 15 is 0 Å². The van der Waals surface area contributed by atoms with Gasteiger partial charge in [-0.05, 0) is 31.6 Å². The Morgan fingerprint density at radius 1 is 1.18 bits per heavy atom. The maximum Gasteiger partial charge on any atom is 0.500 e. The second kappa shape index (κ2) is 7.06. The first kappa shape index (κ1) is 15.4. The number of hydrogen-bond acceptors (Lipinski definition) is 4. The minimum atomic E-state index is -2.46. The van der Waals surface area contributed by atoms with Gasteiger partial charge in [0.25, 0.3) is 0 Å². The number of rotatable bonds is 6. The highest BCUT2D eigenvalue weighted by atomic mass is 35.5. The van der Waals surface area contributed by atoms with Crippen molar-refractivity contribution in [1.29, 1.82) is 0 Å². The molecule has 0 amide bonds. The van der Waals surface area contributed by atoms with Crippen molar-refractivity contribution < 1.29 is 18.4 Å². The molecule has 0 radical (unpaired) electrons. The Morgan fingerprint density at radius 3 is 2.24 bits per heavy atom. The summed E-state index contributed by atoms with van der Waals surface area (Å²) in [6, 6.07) is 0.792. The first-order chi connectivity index (χ1) is 8.06. The van der Waals surface area contributed by atoms with Gasteiger partial charge in [-0.2, -0.15) is 0 Å². The summed E-state index contributed by atoms with van der Waals surface area (Å²) >= 11 is 5.99. The number of hydrogen-bond donors (Lipinski definition) is 1. The van der Waals surface area contributed by atoms with Gasteiger partial charge in [0, 0.05) is 27.4 Å². The van der Waals surface area contributed by atoms with Crippen LogP contribution in [0.4, 0.5) is 0 Å². The minimum absolute atomic E-state index is 0.0828. The van der Waals surface area contributed by atoms with Gasteiger partial charge in [-0.15, -0.1) is 11.6 Å². The lowest BCUT2D eigenvalue weighted by molar-refractivity contribution is 0.0948. The third kappa shape index (κ3) is 4.19. The number of halogens is 1. The van der Waals surface area contributed by atoms with E-state index in [0.717, 1.165) is 31.7 Å². The Hall–Kier alpha value is 0.347. The van der Waals surface area contributed by atoms with Crippen LogP contribution in [0.2, 0.25) is 6.04 Å². The van der Waals surface area contributed by atoms with Gasteiger partial charge in [-0.25, -0.2) is 0 Å². The monoisotopic (exact) mass is 282 g/mol. The standard InChI is InChI=1S/C11H23ClO4Si/c1-14-17(15-2,16-3)7-6-9-4-5-10(12)11(13)8-9/h9-11,13H,4-8H2,1-3H3. The molecule has 6 heteroatoms. The lowest BCUT2D eigenvalue weighted by Gasteiger charge is -2.31. The van der Waals surface area contributed by atoms with Crippen LogP contribution in [0.3, 0.4) is 0 Å². The molecule has 0 aromatic heterocycles. The molecule has 1 aliphatic rings. The summed E-state index contributed by atoms with van der Waals surface area (Å²) in [6.07, 6.45) is 3.30. The van der Waals surface area contributed by atoms with Crippen molar-refractivity contribution in [2.45, 2.75) is 43.2 Å². The van der Waals surface area contributed by atoms with Gasteiger partial charge in [0.15, 0.2) is 0 Å². The zero-order chi connectivity index (χ0) is 12.9. The zero-order valence-corrected chi connectivity index (χ0v) is 12.6. The Labute approximate surface area is 110 Å². The number of aliphatic hydroxyl groups is 1. The summed E-state index contributed by atoms with van der Waals surface area (Å²) in [4.78, 5) is 0. The van der Waals surface area contributed by atoms with Crippen LogP contribution in [0.5, 0.6) is 0 Å². The average molecular weight is 283 g/mol. The summed E-state index contributed by atoms with van der Waals surface area (Å²) in [5.41, 5.74) is 0. The summed E-state index contributed by atoms with van der Waals surface area (Å²) < 4.78 is 16.1. The van der Waals surface area contributed by atoms with Crippen LogP contribution in [-0.4, -0.2) is 46.7 Å². The van der Waals surface area contributed by atoms with Crippen molar-refractivity contribution in [1.82, 2.24) is 0 Å². The summed E-state index contributed by atoms with van der Waals surface area (Å²) in [6.45, 7) is 0. The van der Waals surface area contributed by atoms with Gasteiger partial charge in [-0.3, -0.25) is 0 Å². The fraction of sp³-hybridized carbons (Fsp3) is 1.00. The zero-order valence-electron chi connectivity index (χ0n) is 10.8. The van der Waals surface area contributed by atoms with Crippen LogP contribution >= 0.6 is 11.6 Å². The molecule has 4 nitrogen and oxygen atoms in total. The largest absolute Gasteiger partial charge is 0.500 e. The van der Waals surface area contributed by atoms with Crippen LogP contribution in [0.1, 0.15) is 25.7 Å². The Kier molecular flexibility index (Phi) is 6.40. The van der Waals surface area contributed by atoms with E-state index in [-0.39, 0.29) is 11.5 Å². The summed E-state index contributed by atoms with van der Waals surface area (Å²) in [5, 5.41) is 9.65. The molecule has 0 bridgehead atoms. The lowest BCUT2D eigenvalue weighted by atomic mass is 9.85. The summed E-state index contributed by atoms with van der Waals surface area (Å²) in [5.74, 6) is 0.493. The molecule has 1 aliphatic carbocycles. The lowest BCUT2D eigenvalue weighted by Crippen LogP contribution is -2.43. The van der Waals surface area contributed by atoms with Crippen molar-refractivity contribution in [3.05, 3.63) is 0 Å². The fourth-order valence-corrected chi connectivity index (χ4v) is 4.50. The second-order valence-electron chi connectivity index (χ2n) is 4.60. The molecule has 3 atom stereocenters. The number of alkyl halides is 1. The molecule has 1 N–H and O–H groups in total. The number of aliphatic hydroxyl groups excluding tert-OH is 1. The molecular formula is C11H23ClO4Si. The van der Waals surface area contributed by atoms with E-state index in [1.807, 2.05) is 0 Å². The Balaban J connectivity index is 2.39. The SMILES string of the molecule is CO[Si](CCC1CCC(Cl)C(O)C1)(OC)OC. The predicted molar refractivity (Wildman–Crippen MR) is 69.2 cm³/mol. The van der Waals surface area contributed by atoms with Crippen LogP contribution in [0.25, 0.3) is 0 Å². The van der Waals surface area contributed by atoms with Gasteiger partial charge < -0.3 is 18.4 Å². The smallest absolute Gasteiger partial charge is 0.392 e. The van der Waals surface area contributed by atoms with E-state index in [1.54, 1.807) is 21.3 Å². The molecule has 3 unspecified atom stereocenters. The van der Waals surface area contributed by atoms with E-state index in [9.17, 15) is 5.11 Å². The molecule has 1 fully saturated rings. The molecule has 0 saturated heterocycles. The molecule has 1 saturated carbocycles. The quantitative estimate of drug-likeness (QED) is 0.598. The van der Waals surface area contributed by atoms with Gasteiger partial charge >= 0.3 is 8.80 Å². The van der Waals surface area contributed by atoms with Gasteiger partial charge in [-0.1, -0.05) is 0 Å². The molecule has 0 spiro atoms. The predicted octanol–water partition coefficient (Wildman–Crippen LogP) is 2.02. The van der Waals surface area contributed by atoms with Crippen LogP contribution < -0.4 is 0 Å². The van der Waals surface area contributed by atoms with Crippen LogP contribution in [0, 0.1) is 5.92 Å². The third-order valence-corrected chi connectivity index (χ3v) is 6.91. The van der Waals surface area contributed by atoms with Crippen molar-refractivity contribution in [2.24, 2.45) is 5.92 Å². The van der Waals surface area contributed by atoms with E-state index in [1.165, 1.54) is 0 Å². The molecule has 0 aromatic carbocycles. The topological polar surface area (TPSA) is 47.9 Å². The second-order valence-corrected chi connectivity index (χ2v) is 8.25. The highest BCUT2D eigenvalue weighted by Crippen LogP contribution is 2.32. The average Bonchev–Trinajstić information content (AvgIpc) is 2.36. The van der Waals surface area contributed by atoms with E-state index < -0.39 is 8.80 Å². The van der Waals surface area contributed by atoms with Gasteiger partial charge in [0.05, 0.1) is 11.5 Å². The highest BCUT2D eigenvalue weighted by Gasteiger charge is 2.39. The maximum atomic E-state index is 9.73. The summed E-state index contributed by atoms with van der Waals surface area (Å²) in [7, 11) is 2.43. The van der Waals surface area contributed by atoms with Crippen LogP contribution in [-0.2, 0) is 13.3 Å². The van der Waals surface area contributed by atoms with Crippen molar-refractivity contribution >= 4 is 20.4 Å². The molecule has 102 valence electrons. The first-order valence-corrected chi connectivity index (χ1v) is 8.41. The maximum absolute atomic E-state index is 9.73. The van der Waals surface area contributed by atoms with E-state index in [0.29, 0.717) is 5.92 Å².